The second-order valence-corrected chi connectivity index (χ2v) is 8.29. The molecule has 0 spiro atoms. The second-order valence-electron chi connectivity index (χ2n) is 8.29. The maximum atomic E-state index is 9.93. The van der Waals surface area contributed by atoms with E-state index in [4.69, 9.17) is 4.74 Å². The number of pyridine rings is 2. The third-order valence-electron chi connectivity index (χ3n) is 6.76. The Hall–Kier alpha value is -3.72. The third kappa shape index (κ3) is 2.59. The van der Waals surface area contributed by atoms with E-state index in [9.17, 15) is 5.26 Å². The zero-order valence-corrected chi connectivity index (χ0v) is 17.2. The largest absolute Gasteiger partial charge is 0.494 e. The predicted molar refractivity (Wildman–Crippen MR) is 118 cm³/mol. The van der Waals surface area contributed by atoms with Gasteiger partial charge >= 0.3 is 0 Å². The van der Waals surface area contributed by atoms with Crippen molar-refractivity contribution in [3.8, 4) is 11.8 Å². The van der Waals surface area contributed by atoms with E-state index in [1.807, 2.05) is 49.5 Å². The Morgan fingerprint density at radius 3 is 2.71 bits per heavy atom. The molecule has 0 bridgehead atoms. The summed E-state index contributed by atoms with van der Waals surface area (Å²) in [6.45, 7) is 4.27. The minimum atomic E-state index is -0.442. The summed E-state index contributed by atoms with van der Waals surface area (Å²) in [6, 6.07) is 18.5. The lowest BCUT2D eigenvalue weighted by atomic mass is 9.95. The van der Waals surface area contributed by atoms with Crippen LogP contribution in [0.4, 0.5) is 11.5 Å². The predicted octanol–water partition coefficient (Wildman–Crippen LogP) is 3.89. The second kappa shape index (κ2) is 6.64. The van der Waals surface area contributed by atoms with Crippen LogP contribution < -0.4 is 9.64 Å². The van der Waals surface area contributed by atoms with Gasteiger partial charge in [-0.05, 0) is 49.4 Å². The minimum absolute atomic E-state index is 0.299. The maximum Gasteiger partial charge on any atom is 0.129 e. The molecular formula is C25H21N5O. The molecule has 2 aliphatic heterocycles. The van der Waals surface area contributed by atoms with Gasteiger partial charge in [0.2, 0.25) is 0 Å². The number of nitriles is 1. The van der Waals surface area contributed by atoms with Gasteiger partial charge in [-0.25, -0.2) is 9.98 Å². The lowest BCUT2D eigenvalue weighted by molar-refractivity contribution is 0.340. The first-order chi connectivity index (χ1) is 15.2. The Morgan fingerprint density at radius 1 is 1.10 bits per heavy atom. The van der Waals surface area contributed by atoms with Crippen LogP contribution in [0.2, 0.25) is 0 Å². The first-order valence-corrected chi connectivity index (χ1v) is 10.6. The van der Waals surface area contributed by atoms with E-state index in [0.717, 1.165) is 52.9 Å². The van der Waals surface area contributed by atoms with Crippen LogP contribution in [0.15, 0.2) is 65.9 Å². The van der Waals surface area contributed by atoms with Gasteiger partial charge in [0.15, 0.2) is 0 Å². The highest BCUT2D eigenvalue weighted by Crippen LogP contribution is 2.63. The van der Waals surface area contributed by atoms with Gasteiger partial charge in [-0.2, -0.15) is 5.26 Å². The first-order valence-electron chi connectivity index (χ1n) is 10.6. The fourth-order valence-electron chi connectivity index (χ4n) is 5.17. The highest BCUT2D eigenvalue weighted by Gasteiger charge is 2.71. The van der Waals surface area contributed by atoms with E-state index in [1.54, 1.807) is 6.20 Å². The van der Waals surface area contributed by atoms with Crippen LogP contribution in [0.25, 0.3) is 0 Å². The monoisotopic (exact) mass is 407 g/mol. The van der Waals surface area contributed by atoms with Gasteiger partial charge in [0.1, 0.15) is 17.0 Å². The van der Waals surface area contributed by atoms with Gasteiger partial charge in [0.05, 0.1) is 29.8 Å². The fourth-order valence-corrected chi connectivity index (χ4v) is 5.17. The van der Waals surface area contributed by atoms with Gasteiger partial charge in [0, 0.05) is 48.4 Å². The van der Waals surface area contributed by atoms with Gasteiger partial charge in [-0.15, -0.1) is 0 Å². The number of hydrogen-bond donors (Lipinski definition) is 0. The van der Waals surface area contributed by atoms with Crippen molar-refractivity contribution < 1.29 is 4.74 Å². The van der Waals surface area contributed by atoms with Crippen molar-refractivity contribution in [3.05, 3.63) is 77.7 Å². The van der Waals surface area contributed by atoms with Crippen LogP contribution >= 0.6 is 0 Å². The van der Waals surface area contributed by atoms with E-state index in [2.05, 4.69) is 38.1 Å². The molecule has 152 valence electrons. The number of hydrogen-bond acceptors (Lipinski definition) is 6. The molecule has 1 aromatic carbocycles. The average Bonchev–Trinajstić information content (AvgIpc) is 3.17. The number of rotatable bonds is 5. The topological polar surface area (TPSA) is 74.4 Å². The average molecular weight is 407 g/mol. The SMILES string of the molecule is CCOc1ccc2c(c1)C(c1ccnc(N3CC4C(C3)C4(C#N)c3ccccn3)c1)=N2. The summed E-state index contributed by atoms with van der Waals surface area (Å²) in [5.41, 5.74) is 4.61. The summed E-state index contributed by atoms with van der Waals surface area (Å²) in [4.78, 5) is 16.1. The molecule has 2 atom stereocenters. The van der Waals surface area contributed by atoms with Crippen molar-refractivity contribution >= 4 is 17.2 Å². The van der Waals surface area contributed by atoms with Crippen LogP contribution in [-0.2, 0) is 5.41 Å². The van der Waals surface area contributed by atoms with Crippen LogP contribution in [-0.4, -0.2) is 35.4 Å². The van der Waals surface area contributed by atoms with E-state index in [-0.39, 0.29) is 0 Å². The Kier molecular flexibility index (Phi) is 3.87. The molecule has 0 radical (unpaired) electrons. The molecule has 6 rings (SSSR count). The summed E-state index contributed by atoms with van der Waals surface area (Å²) in [5.74, 6) is 2.40. The summed E-state index contributed by atoms with van der Waals surface area (Å²) < 4.78 is 5.64. The minimum Gasteiger partial charge on any atom is -0.494 e. The molecule has 1 saturated carbocycles. The van der Waals surface area contributed by atoms with Crippen LogP contribution in [0, 0.1) is 23.2 Å². The van der Waals surface area contributed by atoms with E-state index in [1.165, 1.54) is 0 Å². The highest BCUT2D eigenvalue weighted by atomic mass is 16.5. The van der Waals surface area contributed by atoms with Crippen molar-refractivity contribution in [3.63, 3.8) is 0 Å². The summed E-state index contributed by atoms with van der Waals surface area (Å²) in [5, 5.41) is 9.93. The zero-order valence-electron chi connectivity index (χ0n) is 17.2. The van der Waals surface area contributed by atoms with Gasteiger partial charge in [0.25, 0.3) is 0 Å². The van der Waals surface area contributed by atoms with Gasteiger partial charge < -0.3 is 9.64 Å². The molecule has 4 heterocycles. The molecule has 2 aromatic heterocycles. The Morgan fingerprint density at radius 2 is 1.97 bits per heavy atom. The molecule has 2 fully saturated rings. The summed E-state index contributed by atoms with van der Waals surface area (Å²) in [6.07, 6.45) is 3.62. The molecule has 3 aromatic rings. The number of piperidine rings is 1. The van der Waals surface area contributed by atoms with Gasteiger partial charge in [-0.1, -0.05) is 6.07 Å². The van der Waals surface area contributed by atoms with Crippen molar-refractivity contribution in [2.45, 2.75) is 12.3 Å². The van der Waals surface area contributed by atoms with E-state index in [0.29, 0.717) is 18.4 Å². The molecule has 6 heteroatoms. The lowest BCUT2D eigenvalue weighted by Crippen LogP contribution is -2.30. The van der Waals surface area contributed by atoms with Crippen molar-refractivity contribution in [1.82, 2.24) is 9.97 Å². The first kappa shape index (κ1) is 18.1. The van der Waals surface area contributed by atoms with Crippen molar-refractivity contribution in [1.29, 1.82) is 5.26 Å². The standard InChI is InChI=1S/C25H21N5O/c1-2-31-17-6-7-21-18(12-17)24(29-21)16-8-10-28-23(11-16)30-13-19-20(14-30)25(19,15-26)22-5-3-4-9-27-22/h3-12,19-20H,2,13-14H2,1H3. The van der Waals surface area contributed by atoms with Gasteiger partial charge in [-0.3, -0.25) is 4.98 Å². The molecule has 31 heavy (non-hydrogen) atoms. The summed E-state index contributed by atoms with van der Waals surface area (Å²) in [7, 11) is 0. The Labute approximate surface area is 180 Å². The molecule has 0 N–H and O–H groups in total. The number of fused-ring (bicyclic) bond motifs is 2. The smallest absolute Gasteiger partial charge is 0.129 e. The number of aromatic nitrogens is 2. The number of aliphatic imine (C=N–C) groups is 1. The number of benzene rings is 1. The molecular weight excluding hydrogens is 386 g/mol. The van der Waals surface area contributed by atoms with E-state index < -0.39 is 5.41 Å². The quantitative estimate of drug-likeness (QED) is 0.502. The van der Waals surface area contributed by atoms with Crippen LogP contribution in [0.1, 0.15) is 23.7 Å². The molecule has 1 saturated heterocycles. The molecule has 3 aliphatic rings. The number of nitrogens with zero attached hydrogens (tertiary/aromatic N) is 5. The van der Waals surface area contributed by atoms with Crippen molar-refractivity contribution in [2.24, 2.45) is 16.8 Å². The molecule has 2 unspecified atom stereocenters. The Balaban J connectivity index is 1.22. The maximum absolute atomic E-state index is 9.93. The zero-order chi connectivity index (χ0) is 21.0. The molecule has 6 nitrogen and oxygen atoms in total. The summed E-state index contributed by atoms with van der Waals surface area (Å²) >= 11 is 0. The van der Waals surface area contributed by atoms with Crippen LogP contribution in [0.3, 0.4) is 0 Å². The lowest BCUT2D eigenvalue weighted by Gasteiger charge is -2.25. The fraction of sp³-hybridized carbons (Fsp3) is 0.280. The highest BCUT2D eigenvalue weighted by molar-refractivity contribution is 6.22. The Bertz CT molecular complexity index is 1230. The van der Waals surface area contributed by atoms with Crippen molar-refractivity contribution in [2.75, 3.05) is 24.6 Å². The molecule has 0 amide bonds. The molecule has 1 aliphatic carbocycles. The normalized spacial score (nSPS) is 25.0. The number of anilines is 1. The number of ether oxygens (including phenoxy) is 1. The third-order valence-corrected chi connectivity index (χ3v) is 6.76. The van der Waals surface area contributed by atoms with E-state index >= 15 is 0 Å². The van der Waals surface area contributed by atoms with Crippen LogP contribution in [0.5, 0.6) is 5.75 Å².